The lowest BCUT2D eigenvalue weighted by atomic mass is 9.93. The lowest BCUT2D eigenvalue weighted by Gasteiger charge is -2.32. The van der Waals surface area contributed by atoms with Gasteiger partial charge in [-0.15, -0.1) is 12.4 Å². The zero-order valence-corrected chi connectivity index (χ0v) is 24.9. The van der Waals surface area contributed by atoms with Gasteiger partial charge in [0, 0.05) is 36.4 Å². The molecule has 5 rings (SSSR count). The van der Waals surface area contributed by atoms with E-state index in [1.54, 1.807) is 18.2 Å². The number of β-amino-alcohol motifs (C(OH)–C–C–N with tert-alkyl or cyclic N) is 1. The molecule has 2 bridgehead atoms. The molecule has 0 radical (unpaired) electrons. The van der Waals surface area contributed by atoms with Crippen LogP contribution in [0.25, 0.3) is 0 Å². The summed E-state index contributed by atoms with van der Waals surface area (Å²) in [7, 11) is -3.42. The van der Waals surface area contributed by atoms with E-state index in [4.69, 9.17) is 0 Å². The highest BCUT2D eigenvalue weighted by Crippen LogP contribution is 2.47. The maximum absolute atomic E-state index is 13.7. The average Bonchev–Trinajstić information content (AvgIpc) is 3.53. The van der Waals surface area contributed by atoms with E-state index in [1.807, 2.05) is 37.3 Å². The number of hydrogen-bond acceptors (Lipinski definition) is 6. The molecule has 0 aromatic heterocycles. The number of halogens is 1. The molecular weight excluding hydrogens is 548 g/mol. The number of aliphatic hydroxyl groups excluding tert-OH is 1. The summed E-state index contributed by atoms with van der Waals surface area (Å²) in [5.74, 6) is 0.585. The van der Waals surface area contributed by atoms with Crippen LogP contribution in [-0.4, -0.2) is 62.5 Å². The number of hydrogen-bond donors (Lipinski definition) is 4. The van der Waals surface area contributed by atoms with Gasteiger partial charge in [0.1, 0.15) is 0 Å². The third-order valence-electron chi connectivity index (χ3n) is 8.71. The summed E-state index contributed by atoms with van der Waals surface area (Å²) in [5.41, 5.74) is 2.72. The third-order valence-corrected chi connectivity index (χ3v) is 10.6. The first-order chi connectivity index (χ1) is 18.8. The van der Waals surface area contributed by atoms with Gasteiger partial charge in [0.05, 0.1) is 23.6 Å². The van der Waals surface area contributed by atoms with E-state index in [2.05, 4.69) is 16.0 Å². The van der Waals surface area contributed by atoms with Crippen LogP contribution in [0.4, 0.5) is 11.4 Å². The van der Waals surface area contributed by atoms with Crippen LogP contribution in [0.15, 0.2) is 48.5 Å². The van der Waals surface area contributed by atoms with Crippen molar-refractivity contribution in [3.63, 3.8) is 0 Å². The molecule has 1 amide bonds. The normalized spacial score (nSPS) is 24.6. The minimum atomic E-state index is -3.42. The van der Waals surface area contributed by atoms with E-state index < -0.39 is 22.2 Å². The number of aliphatic hydroxyl groups is 1. The fourth-order valence-corrected chi connectivity index (χ4v) is 8.20. The third kappa shape index (κ3) is 7.11. The molecule has 0 spiro atoms. The molecule has 2 aliphatic carbocycles. The van der Waals surface area contributed by atoms with Crippen molar-refractivity contribution in [2.45, 2.75) is 76.0 Å². The van der Waals surface area contributed by atoms with Gasteiger partial charge in [-0.1, -0.05) is 30.3 Å². The van der Waals surface area contributed by atoms with Gasteiger partial charge in [0.25, 0.3) is 5.91 Å². The lowest BCUT2D eigenvalue weighted by molar-refractivity contribution is 0.0808. The molecular formula is C30H43ClN4O4S. The summed E-state index contributed by atoms with van der Waals surface area (Å²) in [4.78, 5) is 13.7. The number of carbonyl (C=O) groups excluding carboxylic acids is 1. The van der Waals surface area contributed by atoms with Gasteiger partial charge in [0.15, 0.2) is 0 Å². The van der Waals surface area contributed by atoms with Crippen molar-refractivity contribution >= 4 is 39.7 Å². The first kappa shape index (κ1) is 30.6. The number of benzene rings is 2. The maximum atomic E-state index is 13.7. The summed E-state index contributed by atoms with van der Waals surface area (Å²) in [6, 6.07) is 14.6. The summed E-state index contributed by atoms with van der Waals surface area (Å²) in [6.45, 7) is 3.42. The zero-order chi connectivity index (χ0) is 27.5. The second-order valence-corrected chi connectivity index (χ2v) is 13.6. The van der Waals surface area contributed by atoms with Gasteiger partial charge in [-0.2, -0.15) is 0 Å². The molecule has 8 nitrogen and oxygen atoms in total. The van der Waals surface area contributed by atoms with Crippen LogP contribution in [0.3, 0.4) is 0 Å². The number of nitrogens with zero attached hydrogens (tertiary/aromatic N) is 1. The van der Waals surface area contributed by atoms with E-state index in [0.29, 0.717) is 49.4 Å². The zero-order valence-electron chi connectivity index (χ0n) is 23.3. The van der Waals surface area contributed by atoms with Crippen LogP contribution in [0.1, 0.15) is 67.8 Å². The Balaban J connectivity index is 0.00000370. The predicted molar refractivity (Wildman–Crippen MR) is 163 cm³/mol. The minimum Gasteiger partial charge on any atom is -0.390 e. The van der Waals surface area contributed by atoms with Crippen LogP contribution >= 0.6 is 12.4 Å². The number of nitrogens with one attached hydrogen (secondary N) is 3. The molecule has 3 aliphatic rings. The largest absolute Gasteiger partial charge is 0.390 e. The van der Waals surface area contributed by atoms with Crippen molar-refractivity contribution in [2.24, 2.45) is 5.92 Å². The molecule has 2 aromatic carbocycles. The van der Waals surface area contributed by atoms with Gasteiger partial charge in [-0.25, -0.2) is 8.42 Å². The second-order valence-electron chi connectivity index (χ2n) is 11.5. The number of carbonyl (C=O) groups is 1. The van der Waals surface area contributed by atoms with Gasteiger partial charge >= 0.3 is 0 Å². The number of sulfonamides is 1. The standard InChI is InChI=1S/C30H42N4O4S.ClH/c1-2-31-25-17-24(18-26(19-25)34-14-6-7-15-39(34,37)38)29(36)33-27(16-22-8-4-3-5-9-22)28(35)21-32-30-12-10-23(20-30)11-13-30;/h3-5,8-9,17-19,23,27-28,31-32,35H,2,6-7,10-16,20-21H2,1H3,(H,33,36);1H/t23-,27-,28+,30-;/m0./s1. The van der Waals surface area contributed by atoms with E-state index in [1.165, 1.54) is 23.6 Å². The summed E-state index contributed by atoms with van der Waals surface area (Å²) < 4.78 is 27.0. The van der Waals surface area contributed by atoms with Crippen molar-refractivity contribution < 1.29 is 18.3 Å². The Morgan fingerprint density at radius 2 is 1.88 bits per heavy atom. The van der Waals surface area contributed by atoms with Crippen LogP contribution in [0, 0.1) is 5.92 Å². The molecule has 40 heavy (non-hydrogen) atoms. The van der Waals surface area contributed by atoms with Gasteiger partial charge < -0.3 is 21.1 Å². The van der Waals surface area contributed by atoms with Crippen molar-refractivity contribution in [3.05, 3.63) is 59.7 Å². The molecule has 1 saturated heterocycles. The Kier molecular flexibility index (Phi) is 10.0. The molecule has 1 aliphatic heterocycles. The first-order valence-electron chi connectivity index (χ1n) is 14.4. The van der Waals surface area contributed by atoms with Crippen LogP contribution in [0.2, 0.25) is 0 Å². The van der Waals surface area contributed by atoms with Gasteiger partial charge in [-0.3, -0.25) is 9.10 Å². The molecule has 0 unspecified atom stereocenters. The van der Waals surface area contributed by atoms with Crippen molar-refractivity contribution in [1.82, 2.24) is 10.6 Å². The molecule has 10 heteroatoms. The highest BCUT2D eigenvalue weighted by molar-refractivity contribution is 7.92. The molecule has 4 N–H and O–H groups in total. The number of anilines is 2. The topological polar surface area (TPSA) is 111 Å². The Labute approximate surface area is 244 Å². The van der Waals surface area contributed by atoms with Crippen LogP contribution in [0.5, 0.6) is 0 Å². The molecule has 2 aromatic rings. The van der Waals surface area contributed by atoms with E-state index in [0.717, 1.165) is 30.7 Å². The fraction of sp³-hybridized carbons (Fsp3) is 0.567. The number of fused-ring (bicyclic) bond motifs is 2. The highest BCUT2D eigenvalue weighted by atomic mass is 35.5. The summed E-state index contributed by atoms with van der Waals surface area (Å²) in [6.07, 6.45) is 7.14. The van der Waals surface area contributed by atoms with Crippen LogP contribution < -0.4 is 20.3 Å². The summed E-state index contributed by atoms with van der Waals surface area (Å²) >= 11 is 0. The minimum absolute atomic E-state index is 0. The Hall–Kier alpha value is -2.33. The van der Waals surface area contributed by atoms with Crippen molar-refractivity contribution in [1.29, 1.82) is 0 Å². The number of amides is 1. The van der Waals surface area contributed by atoms with E-state index in [-0.39, 0.29) is 29.6 Å². The quantitative estimate of drug-likeness (QED) is 0.314. The Morgan fingerprint density at radius 1 is 1.12 bits per heavy atom. The van der Waals surface area contributed by atoms with Gasteiger partial charge in [0.2, 0.25) is 10.0 Å². The fourth-order valence-electron chi connectivity index (χ4n) is 6.58. The monoisotopic (exact) mass is 590 g/mol. The Bertz CT molecular complexity index is 1250. The van der Waals surface area contributed by atoms with Crippen molar-refractivity contribution in [2.75, 3.05) is 35.0 Å². The molecule has 2 atom stereocenters. The predicted octanol–water partition coefficient (Wildman–Crippen LogP) is 4.09. The number of rotatable bonds is 11. The highest BCUT2D eigenvalue weighted by Gasteiger charge is 2.44. The van der Waals surface area contributed by atoms with Crippen molar-refractivity contribution in [3.8, 4) is 0 Å². The Morgan fingerprint density at radius 3 is 2.52 bits per heavy atom. The first-order valence-corrected chi connectivity index (χ1v) is 16.1. The molecule has 1 heterocycles. The maximum Gasteiger partial charge on any atom is 0.251 e. The smallest absolute Gasteiger partial charge is 0.251 e. The second kappa shape index (κ2) is 13.1. The van der Waals surface area contributed by atoms with Gasteiger partial charge in [-0.05, 0) is 88.0 Å². The summed E-state index contributed by atoms with van der Waals surface area (Å²) in [5, 5.41) is 21.3. The average molecular weight is 591 g/mol. The van der Waals surface area contributed by atoms with Crippen LogP contribution in [-0.2, 0) is 16.4 Å². The van der Waals surface area contributed by atoms with E-state index >= 15 is 0 Å². The lowest BCUT2D eigenvalue weighted by Crippen LogP contribution is -2.52. The SMILES string of the molecule is CCNc1cc(C(=O)N[C@@H](Cc2ccccc2)[C@H](O)CN[C@]23CC[C@H](CC2)C3)cc(N2CCCCS2(=O)=O)c1.Cl. The molecule has 2 saturated carbocycles. The molecule has 220 valence electrons. The molecule has 3 fully saturated rings. The van der Waals surface area contributed by atoms with E-state index in [9.17, 15) is 18.3 Å².